The number of hydrogen-bond donors (Lipinski definition) is 1. The van der Waals surface area contributed by atoms with Gasteiger partial charge in [0.05, 0.1) is 0 Å². The fourth-order valence-corrected chi connectivity index (χ4v) is 2.98. The molecule has 0 saturated carbocycles. The third-order valence-corrected chi connectivity index (χ3v) is 3.68. The highest BCUT2D eigenvalue weighted by molar-refractivity contribution is 5.33. The molecule has 0 radical (unpaired) electrons. The molecule has 0 amide bonds. The fourth-order valence-electron chi connectivity index (χ4n) is 2.98. The van der Waals surface area contributed by atoms with Gasteiger partial charge in [0, 0.05) is 24.4 Å². The predicted octanol–water partition coefficient (Wildman–Crippen LogP) is 2.48. The molecule has 2 nitrogen and oxygen atoms in total. The van der Waals surface area contributed by atoms with E-state index in [0.717, 1.165) is 6.42 Å². The van der Waals surface area contributed by atoms with Crippen LogP contribution in [0.25, 0.3) is 0 Å². The van der Waals surface area contributed by atoms with Gasteiger partial charge in [-0.3, -0.25) is 4.98 Å². The molecule has 2 atom stereocenters. The zero-order valence-corrected chi connectivity index (χ0v) is 9.83. The van der Waals surface area contributed by atoms with E-state index < -0.39 is 0 Å². The van der Waals surface area contributed by atoms with Crippen LogP contribution in [-0.2, 0) is 6.42 Å². The highest BCUT2D eigenvalue weighted by Crippen LogP contribution is 2.45. The van der Waals surface area contributed by atoms with Crippen molar-refractivity contribution in [3.63, 3.8) is 0 Å². The summed E-state index contributed by atoms with van der Waals surface area (Å²) >= 11 is 0. The van der Waals surface area contributed by atoms with Gasteiger partial charge in [-0.2, -0.15) is 0 Å². The molecule has 15 heavy (non-hydrogen) atoms. The molecule has 1 aliphatic rings. The smallest absolute Gasteiger partial charge is 0.0302 e. The van der Waals surface area contributed by atoms with E-state index in [4.69, 9.17) is 5.73 Å². The number of aryl methyl sites for hydroxylation is 1. The van der Waals surface area contributed by atoms with Crippen molar-refractivity contribution in [1.82, 2.24) is 4.98 Å². The molecular formula is C13H20N2. The summed E-state index contributed by atoms with van der Waals surface area (Å²) in [5, 5.41) is 0. The lowest BCUT2D eigenvalue weighted by Crippen LogP contribution is -2.39. The highest BCUT2D eigenvalue weighted by atomic mass is 14.7. The lowest BCUT2D eigenvalue weighted by atomic mass is 9.64. The first kappa shape index (κ1) is 10.6. The SMILES string of the molecule is CC(N)C1c2ccncc2CCC1(C)C. The second-order valence-electron chi connectivity index (χ2n) is 5.40. The molecule has 2 N–H and O–H groups in total. The topological polar surface area (TPSA) is 38.9 Å². The Balaban J connectivity index is 2.48. The molecular weight excluding hydrogens is 184 g/mol. The van der Waals surface area contributed by atoms with Crippen molar-refractivity contribution in [2.45, 2.75) is 45.6 Å². The molecule has 0 aliphatic heterocycles. The van der Waals surface area contributed by atoms with E-state index >= 15 is 0 Å². The monoisotopic (exact) mass is 204 g/mol. The van der Waals surface area contributed by atoms with Gasteiger partial charge < -0.3 is 5.73 Å². The van der Waals surface area contributed by atoms with Gasteiger partial charge in [-0.25, -0.2) is 0 Å². The molecule has 0 saturated heterocycles. The van der Waals surface area contributed by atoms with Crippen LogP contribution in [0, 0.1) is 5.41 Å². The highest BCUT2D eigenvalue weighted by Gasteiger charge is 2.37. The summed E-state index contributed by atoms with van der Waals surface area (Å²) in [5.74, 6) is 0.462. The van der Waals surface area contributed by atoms with E-state index in [0.29, 0.717) is 11.3 Å². The minimum Gasteiger partial charge on any atom is -0.327 e. The Morgan fingerprint density at radius 2 is 2.27 bits per heavy atom. The summed E-state index contributed by atoms with van der Waals surface area (Å²) in [4.78, 5) is 4.20. The number of nitrogens with two attached hydrogens (primary N) is 1. The van der Waals surface area contributed by atoms with Crippen molar-refractivity contribution in [1.29, 1.82) is 0 Å². The van der Waals surface area contributed by atoms with Gasteiger partial charge in [-0.15, -0.1) is 0 Å². The van der Waals surface area contributed by atoms with Crippen LogP contribution in [0.4, 0.5) is 0 Å². The molecule has 2 rings (SSSR count). The Kier molecular flexibility index (Phi) is 2.55. The summed E-state index contributed by atoms with van der Waals surface area (Å²) in [6.45, 7) is 6.76. The lowest BCUT2D eigenvalue weighted by molar-refractivity contribution is 0.221. The minimum absolute atomic E-state index is 0.210. The van der Waals surface area contributed by atoms with Crippen molar-refractivity contribution in [2.24, 2.45) is 11.1 Å². The quantitative estimate of drug-likeness (QED) is 0.763. The van der Waals surface area contributed by atoms with Crippen molar-refractivity contribution in [3.05, 3.63) is 29.6 Å². The zero-order valence-electron chi connectivity index (χ0n) is 9.83. The van der Waals surface area contributed by atoms with Crippen molar-refractivity contribution in [3.8, 4) is 0 Å². The van der Waals surface area contributed by atoms with Crippen LogP contribution in [0.2, 0.25) is 0 Å². The molecule has 0 spiro atoms. The summed E-state index contributed by atoms with van der Waals surface area (Å²) in [7, 11) is 0. The van der Waals surface area contributed by atoms with Crippen molar-refractivity contribution < 1.29 is 0 Å². The van der Waals surface area contributed by atoms with Crippen LogP contribution in [0.15, 0.2) is 18.5 Å². The first-order chi connectivity index (χ1) is 7.02. The second-order valence-corrected chi connectivity index (χ2v) is 5.40. The molecule has 0 fully saturated rings. The van der Waals surface area contributed by atoms with Gasteiger partial charge in [-0.05, 0) is 42.4 Å². The number of fused-ring (bicyclic) bond motifs is 1. The lowest BCUT2D eigenvalue weighted by Gasteiger charge is -2.42. The van der Waals surface area contributed by atoms with E-state index in [1.54, 1.807) is 0 Å². The first-order valence-electron chi connectivity index (χ1n) is 5.71. The molecule has 82 valence electrons. The van der Waals surface area contributed by atoms with Crippen LogP contribution >= 0.6 is 0 Å². The standard InChI is InChI=1S/C13H20N2/c1-9(14)12-11-5-7-15-8-10(11)4-6-13(12,2)3/h5,7-9,12H,4,6,14H2,1-3H3. The average molecular weight is 204 g/mol. The van der Waals surface area contributed by atoms with Gasteiger partial charge >= 0.3 is 0 Å². The fraction of sp³-hybridized carbons (Fsp3) is 0.615. The third kappa shape index (κ3) is 1.78. The molecule has 1 aromatic rings. The van der Waals surface area contributed by atoms with E-state index in [-0.39, 0.29) is 6.04 Å². The van der Waals surface area contributed by atoms with Gasteiger partial charge in [-0.1, -0.05) is 13.8 Å². The van der Waals surface area contributed by atoms with Gasteiger partial charge in [0.15, 0.2) is 0 Å². The van der Waals surface area contributed by atoms with Crippen LogP contribution in [0.3, 0.4) is 0 Å². The van der Waals surface area contributed by atoms with E-state index in [1.807, 2.05) is 12.4 Å². The number of rotatable bonds is 1. The number of pyridine rings is 1. The second kappa shape index (κ2) is 3.60. The Bertz CT molecular complexity index is 355. The third-order valence-electron chi connectivity index (χ3n) is 3.68. The summed E-state index contributed by atoms with van der Waals surface area (Å²) in [6, 6.07) is 2.35. The molecule has 1 aliphatic carbocycles. The normalized spacial score (nSPS) is 25.7. The van der Waals surface area contributed by atoms with E-state index in [2.05, 4.69) is 31.8 Å². The minimum atomic E-state index is 0.210. The molecule has 1 heterocycles. The van der Waals surface area contributed by atoms with Gasteiger partial charge in [0.2, 0.25) is 0 Å². The van der Waals surface area contributed by atoms with Crippen molar-refractivity contribution >= 4 is 0 Å². The molecule has 1 aromatic heterocycles. The van der Waals surface area contributed by atoms with Gasteiger partial charge in [0.1, 0.15) is 0 Å². The summed E-state index contributed by atoms with van der Waals surface area (Å²) in [6.07, 6.45) is 6.23. The number of aromatic nitrogens is 1. The molecule has 0 bridgehead atoms. The largest absolute Gasteiger partial charge is 0.327 e. The van der Waals surface area contributed by atoms with Crippen LogP contribution in [0.1, 0.15) is 44.2 Å². The predicted molar refractivity (Wildman–Crippen MR) is 62.7 cm³/mol. The summed E-state index contributed by atoms with van der Waals surface area (Å²) in [5.41, 5.74) is 9.25. The maximum absolute atomic E-state index is 6.14. The first-order valence-corrected chi connectivity index (χ1v) is 5.71. The Morgan fingerprint density at radius 1 is 1.53 bits per heavy atom. The van der Waals surface area contributed by atoms with Crippen molar-refractivity contribution in [2.75, 3.05) is 0 Å². The van der Waals surface area contributed by atoms with E-state index in [1.165, 1.54) is 17.5 Å². The van der Waals surface area contributed by atoms with Crippen LogP contribution in [0.5, 0.6) is 0 Å². The summed E-state index contributed by atoms with van der Waals surface area (Å²) < 4.78 is 0. The number of hydrogen-bond acceptors (Lipinski definition) is 2. The zero-order chi connectivity index (χ0) is 11.1. The maximum atomic E-state index is 6.14. The molecule has 0 aromatic carbocycles. The Morgan fingerprint density at radius 3 is 2.93 bits per heavy atom. The van der Waals surface area contributed by atoms with Gasteiger partial charge in [0.25, 0.3) is 0 Å². The van der Waals surface area contributed by atoms with Crippen LogP contribution < -0.4 is 5.73 Å². The Labute approximate surface area is 91.9 Å². The Hall–Kier alpha value is -0.890. The molecule has 2 unspecified atom stereocenters. The average Bonchev–Trinajstić information content (AvgIpc) is 2.15. The molecule has 2 heteroatoms. The maximum Gasteiger partial charge on any atom is 0.0302 e. The number of nitrogens with zero attached hydrogens (tertiary/aromatic N) is 1. The van der Waals surface area contributed by atoms with Crippen LogP contribution in [-0.4, -0.2) is 11.0 Å². The van der Waals surface area contributed by atoms with E-state index in [9.17, 15) is 0 Å².